The normalized spacial score (nSPS) is 21.2. The van der Waals surface area contributed by atoms with Gasteiger partial charge in [-0.3, -0.25) is 4.90 Å². The molecule has 0 bridgehead atoms. The van der Waals surface area contributed by atoms with Crippen molar-refractivity contribution in [3.8, 4) is 0 Å². The molecule has 0 radical (unpaired) electrons. The minimum Gasteiger partial charge on any atom is -0.392 e. The summed E-state index contributed by atoms with van der Waals surface area (Å²) in [5, 5.41) is 18.9. The van der Waals surface area contributed by atoms with E-state index in [9.17, 15) is 10.2 Å². The average molecular weight is 189 g/mol. The lowest BCUT2D eigenvalue weighted by molar-refractivity contribution is 0.00613. The summed E-state index contributed by atoms with van der Waals surface area (Å²) >= 11 is 0. The summed E-state index contributed by atoms with van der Waals surface area (Å²) in [5.74, 6) is 0. The van der Waals surface area contributed by atoms with Crippen molar-refractivity contribution in [3.05, 3.63) is 0 Å². The number of rotatable bonds is 5. The van der Waals surface area contributed by atoms with Crippen LogP contribution in [-0.4, -0.2) is 45.9 Å². The van der Waals surface area contributed by atoms with Gasteiger partial charge in [0.25, 0.3) is 0 Å². The third-order valence-electron chi connectivity index (χ3n) is 2.81. The van der Waals surface area contributed by atoms with Crippen LogP contribution in [0.5, 0.6) is 0 Å². The first-order valence-electron chi connectivity index (χ1n) is 5.03. The highest BCUT2D eigenvalue weighted by molar-refractivity contribution is 4.78. The lowest BCUT2D eigenvalue weighted by Gasteiger charge is -2.36. The topological polar surface area (TPSA) is 43.7 Å². The Kier molecular flexibility index (Phi) is 5.53. The van der Waals surface area contributed by atoms with Gasteiger partial charge in [-0.05, 0) is 34.2 Å². The molecule has 4 unspecified atom stereocenters. The molecule has 0 aromatic carbocycles. The molecule has 0 rings (SSSR count). The number of nitrogens with zero attached hydrogens (tertiary/aromatic N) is 1. The molecule has 13 heavy (non-hydrogen) atoms. The molecule has 0 aromatic rings. The smallest absolute Gasteiger partial charge is 0.0664 e. The van der Waals surface area contributed by atoms with Crippen molar-refractivity contribution in [1.29, 1.82) is 0 Å². The number of aliphatic hydroxyl groups excluding tert-OH is 2. The molecule has 0 aliphatic rings. The van der Waals surface area contributed by atoms with Gasteiger partial charge >= 0.3 is 0 Å². The largest absolute Gasteiger partial charge is 0.392 e. The Hall–Kier alpha value is -0.120. The summed E-state index contributed by atoms with van der Waals surface area (Å²) in [6.45, 7) is 10.4. The van der Waals surface area contributed by atoms with E-state index >= 15 is 0 Å². The van der Waals surface area contributed by atoms with Gasteiger partial charge < -0.3 is 10.2 Å². The Balaban J connectivity index is 4.31. The molecule has 80 valence electrons. The summed E-state index contributed by atoms with van der Waals surface area (Å²) in [5.41, 5.74) is 0. The summed E-state index contributed by atoms with van der Waals surface area (Å²) in [6.07, 6.45) is -0.720. The van der Waals surface area contributed by atoms with Crippen molar-refractivity contribution < 1.29 is 10.2 Å². The van der Waals surface area contributed by atoms with E-state index in [0.717, 1.165) is 6.54 Å². The van der Waals surface area contributed by atoms with Crippen molar-refractivity contribution in [2.75, 3.05) is 6.54 Å². The Morgan fingerprint density at radius 1 is 0.923 bits per heavy atom. The summed E-state index contributed by atoms with van der Waals surface area (Å²) in [6, 6.07) is 0.184. The van der Waals surface area contributed by atoms with Crippen LogP contribution in [0.2, 0.25) is 0 Å². The molecule has 4 atom stereocenters. The highest BCUT2D eigenvalue weighted by Gasteiger charge is 2.24. The minimum atomic E-state index is -0.360. The van der Waals surface area contributed by atoms with E-state index in [-0.39, 0.29) is 24.3 Å². The zero-order chi connectivity index (χ0) is 10.6. The first kappa shape index (κ1) is 12.9. The molecule has 0 spiro atoms. The number of aliphatic hydroxyl groups is 2. The second-order valence-corrected chi connectivity index (χ2v) is 3.79. The predicted octanol–water partition coefficient (Wildman–Crippen LogP) is 0.847. The molecule has 0 aliphatic carbocycles. The third-order valence-corrected chi connectivity index (χ3v) is 2.81. The molecule has 0 saturated carbocycles. The van der Waals surface area contributed by atoms with Gasteiger partial charge in [0.05, 0.1) is 12.2 Å². The molecule has 0 aliphatic heterocycles. The second-order valence-electron chi connectivity index (χ2n) is 3.79. The first-order valence-corrected chi connectivity index (χ1v) is 5.03. The molecule has 0 amide bonds. The van der Waals surface area contributed by atoms with Gasteiger partial charge in [-0.1, -0.05) is 6.92 Å². The summed E-state index contributed by atoms with van der Waals surface area (Å²) in [7, 11) is 0. The fraction of sp³-hybridized carbons (Fsp3) is 1.00. The van der Waals surface area contributed by atoms with Crippen LogP contribution >= 0.6 is 0 Å². The van der Waals surface area contributed by atoms with E-state index in [2.05, 4.69) is 4.90 Å². The molecule has 3 heteroatoms. The number of likely N-dealkylation sites (N-methyl/N-ethyl adjacent to an activating group) is 1. The summed E-state index contributed by atoms with van der Waals surface area (Å²) in [4.78, 5) is 2.11. The molecular weight excluding hydrogens is 166 g/mol. The van der Waals surface area contributed by atoms with Crippen molar-refractivity contribution in [1.82, 2.24) is 4.90 Å². The second kappa shape index (κ2) is 5.58. The number of hydrogen-bond donors (Lipinski definition) is 2. The minimum absolute atomic E-state index is 0.0922. The van der Waals surface area contributed by atoms with Crippen LogP contribution in [0, 0.1) is 0 Å². The molecule has 3 nitrogen and oxygen atoms in total. The maximum atomic E-state index is 9.43. The molecule has 0 saturated heterocycles. The lowest BCUT2D eigenvalue weighted by Crippen LogP contribution is -2.49. The van der Waals surface area contributed by atoms with E-state index in [1.165, 1.54) is 0 Å². The van der Waals surface area contributed by atoms with Crippen molar-refractivity contribution >= 4 is 0 Å². The van der Waals surface area contributed by atoms with E-state index in [1.807, 2.05) is 20.8 Å². The van der Waals surface area contributed by atoms with E-state index in [4.69, 9.17) is 0 Å². The zero-order valence-electron chi connectivity index (χ0n) is 9.36. The zero-order valence-corrected chi connectivity index (χ0v) is 9.36. The van der Waals surface area contributed by atoms with Crippen LogP contribution in [0.15, 0.2) is 0 Å². The Bertz CT molecular complexity index is 123. The lowest BCUT2D eigenvalue weighted by atomic mass is 10.1. The fourth-order valence-electron chi connectivity index (χ4n) is 1.50. The van der Waals surface area contributed by atoms with Crippen molar-refractivity contribution in [2.24, 2.45) is 0 Å². The van der Waals surface area contributed by atoms with E-state index in [1.54, 1.807) is 13.8 Å². The maximum Gasteiger partial charge on any atom is 0.0664 e. The highest BCUT2D eigenvalue weighted by atomic mass is 16.3. The fourth-order valence-corrected chi connectivity index (χ4v) is 1.50. The van der Waals surface area contributed by atoms with Gasteiger partial charge in [0, 0.05) is 12.1 Å². The van der Waals surface area contributed by atoms with Crippen molar-refractivity contribution in [3.63, 3.8) is 0 Å². The number of hydrogen-bond acceptors (Lipinski definition) is 3. The van der Waals surface area contributed by atoms with Crippen LogP contribution in [-0.2, 0) is 0 Å². The van der Waals surface area contributed by atoms with E-state index < -0.39 is 0 Å². The quantitative estimate of drug-likeness (QED) is 0.674. The first-order chi connectivity index (χ1) is 5.91. The van der Waals surface area contributed by atoms with E-state index in [0.29, 0.717) is 0 Å². The standard InChI is InChI=1S/C10H23NO2/c1-6-11(7(2)9(4)12)8(3)10(5)13/h7-10,12-13H,6H2,1-5H3. The predicted molar refractivity (Wildman–Crippen MR) is 54.7 cm³/mol. The van der Waals surface area contributed by atoms with Crippen LogP contribution in [0.25, 0.3) is 0 Å². The molecule has 2 N–H and O–H groups in total. The molecule has 0 aromatic heterocycles. The van der Waals surface area contributed by atoms with Gasteiger partial charge in [-0.25, -0.2) is 0 Å². The Morgan fingerprint density at radius 3 is 1.38 bits per heavy atom. The molecular formula is C10H23NO2. The van der Waals surface area contributed by atoms with Crippen molar-refractivity contribution in [2.45, 2.75) is 58.9 Å². The third kappa shape index (κ3) is 3.63. The van der Waals surface area contributed by atoms with Crippen LogP contribution in [0.4, 0.5) is 0 Å². The van der Waals surface area contributed by atoms with Gasteiger partial charge in [-0.15, -0.1) is 0 Å². The maximum absolute atomic E-state index is 9.43. The molecule has 0 heterocycles. The average Bonchev–Trinajstić information content (AvgIpc) is 2.04. The molecule has 0 fully saturated rings. The van der Waals surface area contributed by atoms with Gasteiger partial charge in [-0.2, -0.15) is 0 Å². The van der Waals surface area contributed by atoms with Crippen LogP contribution < -0.4 is 0 Å². The van der Waals surface area contributed by atoms with Gasteiger partial charge in [0.2, 0.25) is 0 Å². The van der Waals surface area contributed by atoms with Gasteiger partial charge in [0.15, 0.2) is 0 Å². The van der Waals surface area contributed by atoms with Crippen LogP contribution in [0.3, 0.4) is 0 Å². The Morgan fingerprint density at radius 2 is 1.23 bits per heavy atom. The van der Waals surface area contributed by atoms with Gasteiger partial charge in [0.1, 0.15) is 0 Å². The Labute approximate surface area is 81.4 Å². The monoisotopic (exact) mass is 189 g/mol. The highest BCUT2D eigenvalue weighted by Crippen LogP contribution is 2.11. The van der Waals surface area contributed by atoms with Crippen LogP contribution in [0.1, 0.15) is 34.6 Å². The SMILES string of the molecule is CCN(C(C)C(C)O)C(C)C(C)O. The summed E-state index contributed by atoms with van der Waals surface area (Å²) < 4.78 is 0.